The van der Waals surface area contributed by atoms with Crippen LogP contribution in [0, 0.1) is 11.8 Å². The molecular weight excluding hydrogens is 328 g/mol. The lowest BCUT2D eigenvalue weighted by Gasteiger charge is -2.35. The molecule has 24 heavy (non-hydrogen) atoms. The van der Waals surface area contributed by atoms with Gasteiger partial charge >= 0.3 is 5.97 Å². The van der Waals surface area contributed by atoms with Gasteiger partial charge in [0.25, 0.3) is 0 Å². The number of carboxylic acid groups (broad SMARTS) is 1. The SMILES string of the molecule is O=C(O)[C@H]1C[C@@H](C(=O)NCc2ccncc2)CN(c2nccs2)C1. The van der Waals surface area contributed by atoms with Crippen LogP contribution in [0.1, 0.15) is 12.0 Å². The Labute approximate surface area is 143 Å². The maximum absolute atomic E-state index is 12.5. The number of amides is 1. The van der Waals surface area contributed by atoms with Crippen LogP contribution >= 0.6 is 11.3 Å². The maximum Gasteiger partial charge on any atom is 0.308 e. The third kappa shape index (κ3) is 3.88. The number of hydrogen-bond acceptors (Lipinski definition) is 6. The van der Waals surface area contributed by atoms with Gasteiger partial charge in [0.1, 0.15) is 0 Å². The number of carboxylic acids is 1. The number of hydrogen-bond donors (Lipinski definition) is 2. The molecule has 1 aliphatic heterocycles. The van der Waals surface area contributed by atoms with E-state index in [2.05, 4.69) is 15.3 Å². The maximum atomic E-state index is 12.5. The van der Waals surface area contributed by atoms with Crippen molar-refractivity contribution >= 4 is 28.3 Å². The monoisotopic (exact) mass is 346 g/mol. The number of aliphatic carboxylic acids is 1. The number of anilines is 1. The van der Waals surface area contributed by atoms with Crippen molar-refractivity contribution in [2.24, 2.45) is 11.8 Å². The number of rotatable bonds is 5. The molecule has 0 unspecified atom stereocenters. The summed E-state index contributed by atoms with van der Waals surface area (Å²) in [6.07, 6.45) is 5.38. The van der Waals surface area contributed by atoms with Gasteiger partial charge in [0, 0.05) is 43.6 Å². The third-order valence-electron chi connectivity index (χ3n) is 4.08. The van der Waals surface area contributed by atoms with Crippen LogP contribution in [0.25, 0.3) is 0 Å². The van der Waals surface area contributed by atoms with Crippen molar-refractivity contribution in [1.29, 1.82) is 0 Å². The molecule has 1 saturated heterocycles. The summed E-state index contributed by atoms with van der Waals surface area (Å²) in [4.78, 5) is 34.0. The van der Waals surface area contributed by atoms with Gasteiger partial charge in [0.15, 0.2) is 5.13 Å². The second-order valence-electron chi connectivity index (χ2n) is 5.76. The molecule has 2 aromatic heterocycles. The number of thiazole rings is 1. The quantitative estimate of drug-likeness (QED) is 0.849. The van der Waals surface area contributed by atoms with Crippen molar-refractivity contribution in [2.45, 2.75) is 13.0 Å². The highest BCUT2D eigenvalue weighted by Crippen LogP contribution is 2.28. The van der Waals surface area contributed by atoms with E-state index < -0.39 is 11.9 Å². The lowest BCUT2D eigenvalue weighted by Crippen LogP contribution is -2.48. The van der Waals surface area contributed by atoms with E-state index in [0.717, 1.165) is 10.7 Å². The first-order valence-corrected chi connectivity index (χ1v) is 8.55. The van der Waals surface area contributed by atoms with Crippen LogP contribution in [0.3, 0.4) is 0 Å². The highest BCUT2D eigenvalue weighted by atomic mass is 32.1. The first kappa shape index (κ1) is 16.4. The molecule has 0 radical (unpaired) electrons. The number of aromatic nitrogens is 2. The Kier molecular flexibility index (Phi) is 5.05. The molecule has 0 saturated carbocycles. The molecule has 7 nitrogen and oxygen atoms in total. The number of carbonyl (C=O) groups excluding carboxylic acids is 1. The van der Waals surface area contributed by atoms with Crippen LogP contribution < -0.4 is 10.2 Å². The van der Waals surface area contributed by atoms with Gasteiger partial charge in [-0.15, -0.1) is 11.3 Å². The molecule has 2 N–H and O–H groups in total. The Hall–Kier alpha value is -2.48. The Bertz CT molecular complexity index is 693. The van der Waals surface area contributed by atoms with Gasteiger partial charge in [-0.1, -0.05) is 0 Å². The Morgan fingerprint density at radius 1 is 1.25 bits per heavy atom. The molecular formula is C16H18N4O3S. The predicted octanol–water partition coefficient (Wildman–Crippen LogP) is 1.38. The van der Waals surface area contributed by atoms with E-state index in [1.807, 2.05) is 22.4 Å². The first-order chi connectivity index (χ1) is 11.6. The topological polar surface area (TPSA) is 95.4 Å². The largest absolute Gasteiger partial charge is 0.481 e. The van der Waals surface area contributed by atoms with Crippen molar-refractivity contribution in [2.75, 3.05) is 18.0 Å². The van der Waals surface area contributed by atoms with Gasteiger partial charge in [-0.25, -0.2) is 4.98 Å². The third-order valence-corrected chi connectivity index (χ3v) is 4.91. The summed E-state index contributed by atoms with van der Waals surface area (Å²) in [7, 11) is 0. The van der Waals surface area contributed by atoms with Gasteiger partial charge in [-0.2, -0.15) is 0 Å². The molecule has 1 amide bonds. The number of carbonyl (C=O) groups is 2. The zero-order valence-corrected chi connectivity index (χ0v) is 13.8. The fourth-order valence-electron chi connectivity index (χ4n) is 2.83. The van der Waals surface area contributed by atoms with Crippen LogP contribution in [0.2, 0.25) is 0 Å². The second kappa shape index (κ2) is 7.39. The Balaban J connectivity index is 1.66. The van der Waals surface area contributed by atoms with E-state index in [1.165, 1.54) is 11.3 Å². The molecule has 3 rings (SSSR count). The number of nitrogens with one attached hydrogen (secondary N) is 1. The number of piperidine rings is 1. The Morgan fingerprint density at radius 3 is 2.67 bits per heavy atom. The number of pyridine rings is 1. The average Bonchev–Trinajstić information content (AvgIpc) is 3.15. The molecule has 2 atom stereocenters. The van der Waals surface area contributed by atoms with Crippen LogP contribution in [-0.2, 0) is 16.1 Å². The van der Waals surface area contributed by atoms with Gasteiger partial charge in [0.2, 0.25) is 5.91 Å². The molecule has 0 spiro atoms. The Morgan fingerprint density at radius 2 is 2.00 bits per heavy atom. The van der Waals surface area contributed by atoms with Gasteiger partial charge in [-0.05, 0) is 24.1 Å². The fraction of sp³-hybridized carbons (Fsp3) is 0.375. The standard InChI is InChI=1S/C16H18N4O3S/c21-14(19-8-11-1-3-17-4-2-11)12-7-13(15(22)23)10-20(9-12)16-18-5-6-24-16/h1-6,12-13H,7-10H2,(H,19,21)(H,22,23)/t12-,13+/m1/s1. The summed E-state index contributed by atoms with van der Waals surface area (Å²) in [5.74, 6) is -1.94. The summed E-state index contributed by atoms with van der Waals surface area (Å²) in [6.45, 7) is 1.28. The van der Waals surface area contributed by atoms with Gasteiger partial charge in [0.05, 0.1) is 11.8 Å². The molecule has 1 fully saturated rings. The zero-order valence-electron chi connectivity index (χ0n) is 13.0. The number of nitrogens with zero attached hydrogens (tertiary/aromatic N) is 3. The highest BCUT2D eigenvalue weighted by molar-refractivity contribution is 7.13. The molecule has 2 aromatic rings. The van der Waals surface area contributed by atoms with Crippen LogP contribution in [-0.4, -0.2) is 40.0 Å². The van der Waals surface area contributed by atoms with Crippen molar-refractivity contribution in [3.05, 3.63) is 41.7 Å². The summed E-state index contributed by atoms with van der Waals surface area (Å²) in [6, 6.07) is 3.67. The van der Waals surface area contributed by atoms with Crippen molar-refractivity contribution in [3.8, 4) is 0 Å². The molecule has 126 valence electrons. The van der Waals surface area contributed by atoms with E-state index in [4.69, 9.17) is 0 Å². The van der Waals surface area contributed by atoms with E-state index in [9.17, 15) is 14.7 Å². The van der Waals surface area contributed by atoms with Gasteiger partial charge in [-0.3, -0.25) is 14.6 Å². The van der Waals surface area contributed by atoms with E-state index in [0.29, 0.717) is 26.1 Å². The highest BCUT2D eigenvalue weighted by Gasteiger charge is 2.35. The molecule has 1 aliphatic rings. The fourth-order valence-corrected chi connectivity index (χ4v) is 3.49. The first-order valence-electron chi connectivity index (χ1n) is 7.67. The van der Waals surface area contributed by atoms with Crippen molar-refractivity contribution in [1.82, 2.24) is 15.3 Å². The minimum absolute atomic E-state index is 0.126. The summed E-state index contributed by atoms with van der Waals surface area (Å²) >= 11 is 1.45. The molecule has 0 aromatic carbocycles. The van der Waals surface area contributed by atoms with Crippen LogP contribution in [0.15, 0.2) is 36.1 Å². The second-order valence-corrected chi connectivity index (χ2v) is 6.63. The zero-order chi connectivity index (χ0) is 16.9. The van der Waals surface area contributed by atoms with Crippen LogP contribution in [0.5, 0.6) is 0 Å². The van der Waals surface area contributed by atoms with E-state index in [-0.39, 0.29) is 11.8 Å². The summed E-state index contributed by atoms with van der Waals surface area (Å²) in [5.41, 5.74) is 0.959. The molecule has 0 aliphatic carbocycles. The normalized spacial score (nSPS) is 20.6. The van der Waals surface area contributed by atoms with E-state index in [1.54, 1.807) is 18.6 Å². The average molecular weight is 346 g/mol. The van der Waals surface area contributed by atoms with Crippen molar-refractivity contribution < 1.29 is 14.7 Å². The molecule has 8 heteroatoms. The van der Waals surface area contributed by atoms with Crippen LogP contribution in [0.4, 0.5) is 5.13 Å². The van der Waals surface area contributed by atoms with Crippen molar-refractivity contribution in [3.63, 3.8) is 0 Å². The summed E-state index contributed by atoms with van der Waals surface area (Å²) in [5, 5.41) is 14.9. The minimum atomic E-state index is -0.872. The lowest BCUT2D eigenvalue weighted by molar-refractivity contribution is -0.143. The molecule has 3 heterocycles. The smallest absolute Gasteiger partial charge is 0.308 e. The summed E-state index contributed by atoms with van der Waals surface area (Å²) < 4.78 is 0. The van der Waals surface area contributed by atoms with Gasteiger partial charge < -0.3 is 15.3 Å². The lowest BCUT2D eigenvalue weighted by atomic mass is 9.88. The van der Waals surface area contributed by atoms with E-state index >= 15 is 0 Å². The predicted molar refractivity (Wildman–Crippen MR) is 89.6 cm³/mol. The molecule has 0 bridgehead atoms. The minimum Gasteiger partial charge on any atom is -0.481 e.